The predicted molar refractivity (Wildman–Crippen MR) is 72.0 cm³/mol. The van der Waals surface area contributed by atoms with E-state index in [4.69, 9.17) is 11.2 Å². The van der Waals surface area contributed by atoms with Crippen molar-refractivity contribution in [2.45, 2.75) is 38.7 Å². The third kappa shape index (κ3) is 6.68. The monoisotopic (exact) mass is 238 g/mol. The molecular weight excluding hydrogens is 212 g/mol. The lowest BCUT2D eigenvalue weighted by Gasteiger charge is -2.24. The van der Waals surface area contributed by atoms with Crippen LogP contribution in [0.25, 0.3) is 0 Å². The van der Waals surface area contributed by atoms with Gasteiger partial charge in [0.25, 0.3) is 0 Å². The van der Waals surface area contributed by atoms with Gasteiger partial charge in [0.05, 0.1) is 12.6 Å². The molecule has 0 unspecified atom stereocenters. The Kier molecular flexibility index (Phi) is 8.08. The first kappa shape index (κ1) is 14.5. The molecule has 3 heteroatoms. The molecule has 0 radical (unpaired) electrons. The number of nitrogens with zero attached hydrogens (tertiary/aromatic N) is 1. The molecule has 1 saturated heterocycles. The summed E-state index contributed by atoms with van der Waals surface area (Å²) >= 11 is 0. The second-order valence-corrected chi connectivity index (χ2v) is 4.65. The van der Waals surface area contributed by atoms with Crippen molar-refractivity contribution in [3.63, 3.8) is 0 Å². The van der Waals surface area contributed by atoms with Gasteiger partial charge in [0.15, 0.2) is 0 Å². The molecule has 98 valence electrons. The van der Waals surface area contributed by atoms with Gasteiger partial charge in [-0.05, 0) is 45.3 Å². The van der Waals surface area contributed by atoms with E-state index < -0.39 is 0 Å². The van der Waals surface area contributed by atoms with Crippen LogP contribution in [-0.4, -0.2) is 50.3 Å². The second-order valence-electron chi connectivity index (χ2n) is 4.65. The number of ether oxygens (including phenoxy) is 1. The fourth-order valence-corrected chi connectivity index (χ4v) is 2.22. The minimum absolute atomic E-state index is 0.475. The third-order valence-corrected chi connectivity index (χ3v) is 3.11. The van der Waals surface area contributed by atoms with E-state index >= 15 is 0 Å². The first-order valence-electron chi connectivity index (χ1n) is 6.85. The molecule has 1 heterocycles. The fourth-order valence-electron chi connectivity index (χ4n) is 2.22. The molecule has 0 aromatic rings. The average Bonchev–Trinajstić information content (AvgIpc) is 2.36. The van der Waals surface area contributed by atoms with Crippen LogP contribution in [0.1, 0.15) is 32.6 Å². The number of terminal acetylenes is 1. The zero-order chi connectivity index (χ0) is 12.3. The van der Waals surface area contributed by atoms with E-state index in [-0.39, 0.29) is 0 Å². The summed E-state index contributed by atoms with van der Waals surface area (Å²) in [5.74, 6) is 2.72. The van der Waals surface area contributed by atoms with Crippen LogP contribution in [0.3, 0.4) is 0 Å². The SMILES string of the molecule is C#CCN(CCC)CCCOC1CCNCC1. The molecule has 0 bridgehead atoms. The molecule has 1 fully saturated rings. The zero-order valence-electron chi connectivity index (χ0n) is 11.1. The van der Waals surface area contributed by atoms with Crippen molar-refractivity contribution in [3.8, 4) is 12.3 Å². The van der Waals surface area contributed by atoms with Crippen molar-refractivity contribution < 1.29 is 4.74 Å². The Bertz CT molecular complexity index is 219. The molecule has 0 aromatic carbocycles. The summed E-state index contributed by atoms with van der Waals surface area (Å²) in [6.07, 6.45) is 10.4. The molecular formula is C14H26N2O. The van der Waals surface area contributed by atoms with Gasteiger partial charge in [0.2, 0.25) is 0 Å². The van der Waals surface area contributed by atoms with Crippen LogP contribution in [0.15, 0.2) is 0 Å². The number of hydrogen-bond donors (Lipinski definition) is 1. The van der Waals surface area contributed by atoms with Crippen LogP contribution >= 0.6 is 0 Å². The van der Waals surface area contributed by atoms with Gasteiger partial charge >= 0.3 is 0 Å². The molecule has 0 spiro atoms. The van der Waals surface area contributed by atoms with E-state index in [9.17, 15) is 0 Å². The lowest BCUT2D eigenvalue weighted by atomic mass is 10.1. The van der Waals surface area contributed by atoms with Gasteiger partial charge in [-0.25, -0.2) is 0 Å². The van der Waals surface area contributed by atoms with E-state index in [0.29, 0.717) is 6.10 Å². The first-order chi connectivity index (χ1) is 8.36. The van der Waals surface area contributed by atoms with Crippen molar-refractivity contribution in [2.75, 3.05) is 39.3 Å². The lowest BCUT2D eigenvalue weighted by Crippen LogP contribution is -2.33. The van der Waals surface area contributed by atoms with E-state index in [2.05, 4.69) is 23.1 Å². The maximum absolute atomic E-state index is 5.87. The highest BCUT2D eigenvalue weighted by molar-refractivity contribution is 4.87. The van der Waals surface area contributed by atoms with E-state index in [1.165, 1.54) is 0 Å². The van der Waals surface area contributed by atoms with Crippen LogP contribution in [0.5, 0.6) is 0 Å². The molecule has 0 amide bonds. The minimum Gasteiger partial charge on any atom is -0.378 e. The molecule has 0 saturated carbocycles. The molecule has 1 N–H and O–H groups in total. The van der Waals surface area contributed by atoms with Crippen molar-refractivity contribution in [1.29, 1.82) is 0 Å². The molecule has 0 aliphatic carbocycles. The Morgan fingerprint density at radius 2 is 2.12 bits per heavy atom. The Balaban J connectivity index is 2.03. The van der Waals surface area contributed by atoms with Crippen LogP contribution in [-0.2, 0) is 4.74 Å². The van der Waals surface area contributed by atoms with Crippen molar-refractivity contribution in [1.82, 2.24) is 10.2 Å². The number of hydrogen-bond acceptors (Lipinski definition) is 3. The Labute approximate surface area is 106 Å². The maximum Gasteiger partial charge on any atom is 0.0599 e. The first-order valence-corrected chi connectivity index (χ1v) is 6.85. The Morgan fingerprint density at radius 1 is 1.35 bits per heavy atom. The molecule has 1 rings (SSSR count). The molecule has 0 aromatic heterocycles. The number of rotatable bonds is 8. The molecule has 3 nitrogen and oxygen atoms in total. The Morgan fingerprint density at radius 3 is 2.76 bits per heavy atom. The summed E-state index contributed by atoms with van der Waals surface area (Å²) < 4.78 is 5.87. The Hall–Kier alpha value is -0.560. The minimum atomic E-state index is 0.475. The summed E-state index contributed by atoms with van der Waals surface area (Å²) in [6, 6.07) is 0. The van der Waals surface area contributed by atoms with Gasteiger partial charge in [-0.2, -0.15) is 0 Å². The zero-order valence-corrected chi connectivity index (χ0v) is 11.1. The lowest BCUT2D eigenvalue weighted by molar-refractivity contribution is 0.0282. The van der Waals surface area contributed by atoms with Gasteiger partial charge in [-0.3, -0.25) is 4.90 Å². The summed E-state index contributed by atoms with van der Waals surface area (Å²) in [5, 5.41) is 3.35. The van der Waals surface area contributed by atoms with Crippen molar-refractivity contribution in [2.24, 2.45) is 0 Å². The number of nitrogens with one attached hydrogen (secondary N) is 1. The molecule has 1 aliphatic heterocycles. The predicted octanol–water partition coefficient (Wildman–Crippen LogP) is 1.49. The van der Waals surface area contributed by atoms with Gasteiger partial charge in [0.1, 0.15) is 0 Å². The third-order valence-electron chi connectivity index (χ3n) is 3.11. The quantitative estimate of drug-likeness (QED) is 0.512. The summed E-state index contributed by atoms with van der Waals surface area (Å²) in [7, 11) is 0. The maximum atomic E-state index is 5.87. The van der Waals surface area contributed by atoms with Gasteiger partial charge < -0.3 is 10.1 Å². The second kappa shape index (κ2) is 9.47. The van der Waals surface area contributed by atoms with Gasteiger partial charge in [-0.1, -0.05) is 12.8 Å². The van der Waals surface area contributed by atoms with E-state index in [1.807, 2.05) is 0 Å². The normalized spacial score (nSPS) is 17.2. The summed E-state index contributed by atoms with van der Waals surface area (Å²) in [6.45, 7) is 8.18. The highest BCUT2D eigenvalue weighted by Crippen LogP contribution is 2.07. The van der Waals surface area contributed by atoms with Crippen LogP contribution in [0.4, 0.5) is 0 Å². The summed E-state index contributed by atoms with van der Waals surface area (Å²) in [5.41, 5.74) is 0. The highest BCUT2D eigenvalue weighted by Gasteiger charge is 2.12. The molecule has 0 atom stereocenters. The summed E-state index contributed by atoms with van der Waals surface area (Å²) in [4.78, 5) is 2.33. The van der Waals surface area contributed by atoms with Gasteiger partial charge in [0, 0.05) is 13.2 Å². The van der Waals surface area contributed by atoms with E-state index in [1.54, 1.807) is 0 Å². The van der Waals surface area contributed by atoms with Crippen LogP contribution in [0.2, 0.25) is 0 Å². The largest absolute Gasteiger partial charge is 0.378 e. The van der Waals surface area contributed by atoms with Crippen LogP contribution < -0.4 is 5.32 Å². The van der Waals surface area contributed by atoms with Crippen molar-refractivity contribution in [3.05, 3.63) is 0 Å². The molecule has 17 heavy (non-hydrogen) atoms. The standard InChI is InChI=1S/C14H26N2O/c1-3-10-16(11-4-2)12-5-13-17-14-6-8-15-9-7-14/h1,14-15H,4-13H2,2H3. The van der Waals surface area contributed by atoms with Crippen molar-refractivity contribution >= 4 is 0 Å². The van der Waals surface area contributed by atoms with Crippen LogP contribution in [0, 0.1) is 12.3 Å². The van der Waals surface area contributed by atoms with Gasteiger partial charge in [-0.15, -0.1) is 6.42 Å². The average molecular weight is 238 g/mol. The smallest absolute Gasteiger partial charge is 0.0599 e. The molecule has 1 aliphatic rings. The topological polar surface area (TPSA) is 24.5 Å². The number of piperidine rings is 1. The van der Waals surface area contributed by atoms with E-state index in [0.717, 1.165) is 65.0 Å². The fraction of sp³-hybridized carbons (Fsp3) is 0.857. The highest BCUT2D eigenvalue weighted by atomic mass is 16.5.